The number of nitrogens with one attached hydrogen (secondary N) is 1. The van der Waals surface area contributed by atoms with Crippen molar-refractivity contribution in [3.05, 3.63) is 65.2 Å². The number of halogens is 3. The van der Waals surface area contributed by atoms with Gasteiger partial charge in [0.25, 0.3) is 15.9 Å². The first kappa shape index (κ1) is 34.6. The minimum Gasteiger partial charge on any atom is -0.475 e. The molecular formula is C34H41F3N4O5S. The third kappa shape index (κ3) is 7.72. The number of nitrogens with zero attached hydrogens (tertiary/aromatic N) is 3. The molecule has 4 bridgehead atoms. The minimum absolute atomic E-state index is 0.0166. The zero-order chi connectivity index (χ0) is 34.4. The van der Waals surface area contributed by atoms with Crippen LogP contribution in [0.3, 0.4) is 0 Å². The largest absolute Gasteiger partial charge is 0.475 e. The summed E-state index contributed by atoms with van der Waals surface area (Å²) in [5.41, 5.74) is 0.142. The molecule has 5 rings (SSSR count). The Kier molecular flexibility index (Phi) is 9.37. The molecule has 1 atom stereocenters. The van der Waals surface area contributed by atoms with Crippen LogP contribution < -0.4 is 9.46 Å². The van der Waals surface area contributed by atoms with Gasteiger partial charge in [0.2, 0.25) is 11.8 Å². The predicted molar refractivity (Wildman–Crippen MR) is 172 cm³/mol. The number of carbonyl (C=O) groups excluding carboxylic acids is 1. The van der Waals surface area contributed by atoms with Gasteiger partial charge in [-0.2, -0.15) is 18.2 Å². The molecule has 3 aromatic rings. The number of ether oxygens (including phenoxy) is 1. The van der Waals surface area contributed by atoms with Crippen LogP contribution in [0.25, 0.3) is 11.3 Å². The Balaban J connectivity index is 1.59. The Morgan fingerprint density at radius 3 is 2.28 bits per heavy atom. The molecule has 13 heteroatoms. The lowest BCUT2D eigenvalue weighted by Crippen LogP contribution is -2.51. The molecule has 47 heavy (non-hydrogen) atoms. The lowest BCUT2D eigenvalue weighted by Gasteiger charge is -2.41. The molecule has 1 aromatic heterocycles. The van der Waals surface area contributed by atoms with Gasteiger partial charge in [-0.1, -0.05) is 45.0 Å². The van der Waals surface area contributed by atoms with Gasteiger partial charge in [0.05, 0.1) is 16.6 Å². The van der Waals surface area contributed by atoms with Crippen molar-refractivity contribution in [3.8, 4) is 17.1 Å². The summed E-state index contributed by atoms with van der Waals surface area (Å²) in [5, 5.41) is 10.3. The smallest absolute Gasteiger partial charge is 0.417 e. The normalized spacial score (nSPS) is 23.5. The van der Waals surface area contributed by atoms with E-state index in [0.29, 0.717) is 12.1 Å². The SMILES string of the molecule is Cc1cccc(C)c1-c1cc2nc(n1)NS(=O)(=O)c1cccc(c1)C(=O)N(CC1CCC(O)(C(F)(F)F)CC1)[C@H](CC(C)(C)C)CO2. The summed E-state index contributed by atoms with van der Waals surface area (Å²) >= 11 is 0. The number of aryl methyl sites for hydroxylation is 2. The standard InChI is InChI=1S/C34H41F3N4O5S/c1-21-8-6-9-22(2)29(21)27-17-28-39-31(38-27)40-47(44,45)26-11-7-10-24(16-26)30(42)41(25(20-46-28)18-32(3,4)5)19-23-12-14-33(43,15-13-23)34(35,36)37/h6-11,16-17,23,25,43H,12-15,18-20H2,1-5H3,(H,38,39,40)/t23?,25-,33?/m1/s1. The second-order valence-corrected chi connectivity index (χ2v) is 15.7. The Morgan fingerprint density at radius 2 is 1.66 bits per heavy atom. The third-order valence-corrected chi connectivity index (χ3v) is 10.3. The molecular weight excluding hydrogens is 633 g/mol. The second-order valence-electron chi connectivity index (χ2n) is 14.0. The van der Waals surface area contributed by atoms with Gasteiger partial charge in [0.15, 0.2) is 5.60 Å². The third-order valence-electron chi connectivity index (χ3n) is 8.94. The second kappa shape index (κ2) is 12.7. The lowest BCUT2D eigenvalue weighted by atomic mass is 9.77. The van der Waals surface area contributed by atoms with Crippen LogP contribution >= 0.6 is 0 Å². The Bertz CT molecular complexity index is 1730. The van der Waals surface area contributed by atoms with Crippen LogP contribution in [0.1, 0.15) is 74.4 Å². The van der Waals surface area contributed by atoms with Crippen molar-refractivity contribution in [1.29, 1.82) is 0 Å². The zero-order valence-electron chi connectivity index (χ0n) is 27.2. The van der Waals surface area contributed by atoms with Gasteiger partial charge in [0, 0.05) is 23.7 Å². The van der Waals surface area contributed by atoms with Crippen LogP contribution in [-0.4, -0.2) is 65.3 Å². The maximum atomic E-state index is 14.3. The predicted octanol–water partition coefficient (Wildman–Crippen LogP) is 6.68. The van der Waals surface area contributed by atoms with Crippen molar-refractivity contribution in [2.24, 2.45) is 11.3 Å². The molecule has 1 amide bonds. The zero-order valence-corrected chi connectivity index (χ0v) is 28.0. The summed E-state index contributed by atoms with van der Waals surface area (Å²) in [4.78, 5) is 24.6. The molecule has 9 nitrogen and oxygen atoms in total. The Hall–Kier alpha value is -3.71. The minimum atomic E-state index is -4.74. The molecule has 1 fully saturated rings. The fourth-order valence-electron chi connectivity index (χ4n) is 6.48. The maximum absolute atomic E-state index is 14.3. The number of benzene rings is 2. The summed E-state index contributed by atoms with van der Waals surface area (Å²) < 4.78 is 76.6. The number of carbonyl (C=O) groups is 1. The average molecular weight is 675 g/mol. The van der Waals surface area contributed by atoms with E-state index in [2.05, 4.69) is 14.7 Å². The molecule has 0 spiro atoms. The molecule has 1 aliphatic heterocycles. The first-order chi connectivity index (χ1) is 21.8. The highest BCUT2D eigenvalue weighted by molar-refractivity contribution is 7.92. The van der Waals surface area contributed by atoms with Gasteiger partial charge in [0.1, 0.15) is 6.61 Å². The van der Waals surface area contributed by atoms with Gasteiger partial charge in [-0.05, 0) is 86.6 Å². The van der Waals surface area contributed by atoms with E-state index in [1.165, 1.54) is 24.3 Å². The van der Waals surface area contributed by atoms with Gasteiger partial charge < -0.3 is 14.7 Å². The molecule has 0 radical (unpaired) electrons. The van der Waals surface area contributed by atoms with Gasteiger partial charge >= 0.3 is 6.18 Å². The maximum Gasteiger partial charge on any atom is 0.417 e. The molecule has 1 aliphatic carbocycles. The number of amides is 1. The molecule has 0 saturated heterocycles. The van der Waals surface area contributed by atoms with Gasteiger partial charge in [-0.3, -0.25) is 4.79 Å². The number of hydrogen-bond donors (Lipinski definition) is 2. The van der Waals surface area contributed by atoms with Crippen LogP contribution in [-0.2, 0) is 10.0 Å². The van der Waals surface area contributed by atoms with E-state index in [4.69, 9.17) is 4.74 Å². The van der Waals surface area contributed by atoms with E-state index in [-0.39, 0.29) is 59.6 Å². The Labute approximate surface area is 273 Å². The number of fused-ring (bicyclic) bond motifs is 4. The van der Waals surface area contributed by atoms with Crippen LogP contribution in [0.5, 0.6) is 5.88 Å². The van der Waals surface area contributed by atoms with Crippen LogP contribution in [0, 0.1) is 25.2 Å². The lowest BCUT2D eigenvalue weighted by molar-refractivity contribution is -0.272. The van der Waals surface area contributed by atoms with E-state index >= 15 is 0 Å². The molecule has 2 heterocycles. The highest BCUT2D eigenvalue weighted by Gasteiger charge is 2.54. The molecule has 254 valence electrons. The molecule has 2 aliphatic rings. The highest BCUT2D eigenvalue weighted by Crippen LogP contribution is 2.43. The molecule has 2 N–H and O–H groups in total. The van der Waals surface area contributed by atoms with E-state index in [1.54, 1.807) is 11.0 Å². The van der Waals surface area contributed by atoms with Crippen molar-refractivity contribution in [2.75, 3.05) is 17.9 Å². The van der Waals surface area contributed by atoms with Gasteiger partial charge in [-0.25, -0.2) is 18.1 Å². The summed E-state index contributed by atoms with van der Waals surface area (Å²) in [6.45, 7) is 9.98. The molecule has 0 unspecified atom stereocenters. The van der Waals surface area contributed by atoms with Crippen molar-refractivity contribution in [1.82, 2.24) is 14.9 Å². The van der Waals surface area contributed by atoms with Crippen LogP contribution in [0.15, 0.2) is 53.4 Å². The van der Waals surface area contributed by atoms with Crippen molar-refractivity contribution in [2.45, 2.75) is 89.4 Å². The number of sulfonamides is 1. The van der Waals surface area contributed by atoms with E-state index in [0.717, 1.165) is 16.7 Å². The highest BCUT2D eigenvalue weighted by atomic mass is 32.2. The molecule has 2 aromatic carbocycles. The van der Waals surface area contributed by atoms with E-state index < -0.39 is 46.6 Å². The summed E-state index contributed by atoms with van der Waals surface area (Å²) in [6.07, 6.45) is -5.07. The van der Waals surface area contributed by atoms with Crippen molar-refractivity contribution < 1.29 is 36.2 Å². The number of anilines is 1. The topological polar surface area (TPSA) is 122 Å². The van der Waals surface area contributed by atoms with E-state index in [9.17, 15) is 31.5 Å². The summed E-state index contributed by atoms with van der Waals surface area (Å²) in [7, 11) is -4.25. The Morgan fingerprint density at radius 1 is 1.02 bits per heavy atom. The first-order valence-electron chi connectivity index (χ1n) is 15.7. The monoisotopic (exact) mass is 674 g/mol. The van der Waals surface area contributed by atoms with Crippen LogP contribution in [0.2, 0.25) is 0 Å². The van der Waals surface area contributed by atoms with Crippen molar-refractivity contribution in [3.63, 3.8) is 0 Å². The number of aliphatic hydroxyl groups is 1. The number of hydrogen-bond acceptors (Lipinski definition) is 7. The van der Waals surface area contributed by atoms with Gasteiger partial charge in [-0.15, -0.1) is 0 Å². The number of rotatable bonds is 4. The fourth-order valence-corrected chi connectivity index (χ4v) is 7.47. The first-order valence-corrected chi connectivity index (χ1v) is 17.1. The van der Waals surface area contributed by atoms with Crippen molar-refractivity contribution >= 4 is 21.9 Å². The summed E-state index contributed by atoms with van der Waals surface area (Å²) in [6, 6.07) is 12.5. The summed E-state index contributed by atoms with van der Waals surface area (Å²) in [5.74, 6) is -0.889. The quantitative estimate of drug-likeness (QED) is 0.317. The van der Waals surface area contributed by atoms with Crippen LogP contribution in [0.4, 0.5) is 19.1 Å². The average Bonchev–Trinajstić information content (AvgIpc) is 2.97. The fraction of sp³-hybridized carbons (Fsp3) is 0.500. The van der Waals surface area contributed by atoms with E-state index in [1.807, 2.05) is 52.8 Å². The molecule has 1 saturated carbocycles. The number of alkyl halides is 3. The number of aromatic nitrogens is 2.